The summed E-state index contributed by atoms with van der Waals surface area (Å²) < 4.78 is 1.82. The molecular formula is C20H17N5O. The SMILES string of the molecule is Cc1ccc(-c2nccn3cc(C(=O)NCc4ccncc4)nc23)cc1. The van der Waals surface area contributed by atoms with Crippen LogP contribution < -0.4 is 5.32 Å². The number of carbonyl (C=O) groups is 1. The van der Waals surface area contributed by atoms with Gasteiger partial charge in [0.25, 0.3) is 5.91 Å². The van der Waals surface area contributed by atoms with Crippen LogP contribution in [0.1, 0.15) is 21.6 Å². The summed E-state index contributed by atoms with van der Waals surface area (Å²) in [6, 6.07) is 11.8. The number of imidazole rings is 1. The van der Waals surface area contributed by atoms with Crippen molar-refractivity contribution in [3.05, 3.63) is 84.2 Å². The zero-order valence-corrected chi connectivity index (χ0v) is 14.3. The number of pyridine rings is 1. The molecule has 0 bridgehead atoms. The Morgan fingerprint density at radius 2 is 1.85 bits per heavy atom. The number of hydrogen-bond acceptors (Lipinski definition) is 4. The molecule has 0 aliphatic rings. The van der Waals surface area contributed by atoms with Gasteiger partial charge in [0.2, 0.25) is 0 Å². The van der Waals surface area contributed by atoms with E-state index in [1.54, 1.807) is 31.0 Å². The highest BCUT2D eigenvalue weighted by Gasteiger charge is 2.14. The second-order valence-electron chi connectivity index (χ2n) is 6.04. The second-order valence-corrected chi connectivity index (χ2v) is 6.04. The molecular weight excluding hydrogens is 326 g/mol. The van der Waals surface area contributed by atoms with E-state index in [1.807, 2.05) is 47.7 Å². The van der Waals surface area contributed by atoms with Gasteiger partial charge in [-0.1, -0.05) is 29.8 Å². The lowest BCUT2D eigenvalue weighted by atomic mass is 10.1. The molecule has 0 unspecified atom stereocenters. The number of nitrogens with one attached hydrogen (secondary N) is 1. The summed E-state index contributed by atoms with van der Waals surface area (Å²) in [5, 5.41) is 2.88. The number of aromatic nitrogens is 4. The summed E-state index contributed by atoms with van der Waals surface area (Å²) in [4.78, 5) is 25.4. The molecule has 0 saturated carbocycles. The quantitative estimate of drug-likeness (QED) is 0.618. The smallest absolute Gasteiger partial charge is 0.271 e. The number of nitrogens with zero attached hydrogens (tertiary/aromatic N) is 4. The lowest BCUT2D eigenvalue weighted by molar-refractivity contribution is 0.0946. The third-order valence-electron chi connectivity index (χ3n) is 4.14. The number of benzene rings is 1. The monoisotopic (exact) mass is 343 g/mol. The van der Waals surface area contributed by atoms with E-state index < -0.39 is 0 Å². The predicted octanol–water partition coefficient (Wildman–Crippen LogP) is 3.03. The van der Waals surface area contributed by atoms with E-state index in [2.05, 4.69) is 20.3 Å². The maximum Gasteiger partial charge on any atom is 0.271 e. The van der Waals surface area contributed by atoms with Crippen LogP contribution in [0.4, 0.5) is 0 Å². The Morgan fingerprint density at radius 1 is 1.08 bits per heavy atom. The minimum absolute atomic E-state index is 0.222. The summed E-state index contributed by atoms with van der Waals surface area (Å²) in [6.07, 6.45) is 8.62. The zero-order valence-electron chi connectivity index (χ0n) is 14.3. The molecule has 0 saturated heterocycles. The molecule has 6 heteroatoms. The highest BCUT2D eigenvalue weighted by molar-refractivity contribution is 5.93. The number of fused-ring (bicyclic) bond motifs is 1. The van der Waals surface area contributed by atoms with Crippen molar-refractivity contribution in [3.63, 3.8) is 0 Å². The van der Waals surface area contributed by atoms with Gasteiger partial charge in [0.15, 0.2) is 5.65 Å². The fraction of sp³-hybridized carbons (Fsp3) is 0.100. The summed E-state index contributed by atoms with van der Waals surface area (Å²) in [6.45, 7) is 2.47. The Balaban J connectivity index is 1.62. The van der Waals surface area contributed by atoms with Crippen LogP contribution in [0.25, 0.3) is 16.9 Å². The van der Waals surface area contributed by atoms with Gasteiger partial charge in [-0.25, -0.2) is 4.98 Å². The summed E-state index contributed by atoms with van der Waals surface area (Å²) >= 11 is 0. The second kappa shape index (κ2) is 6.76. The van der Waals surface area contributed by atoms with Crippen LogP contribution in [0.15, 0.2) is 67.4 Å². The van der Waals surface area contributed by atoms with Gasteiger partial charge in [0, 0.05) is 43.1 Å². The van der Waals surface area contributed by atoms with Gasteiger partial charge in [-0.05, 0) is 24.6 Å². The normalized spacial score (nSPS) is 10.8. The molecule has 6 nitrogen and oxygen atoms in total. The standard InChI is InChI=1S/C20H17N5O/c1-14-2-4-16(5-3-14)18-19-24-17(13-25(19)11-10-22-18)20(26)23-12-15-6-8-21-9-7-15/h2-11,13H,12H2,1H3,(H,23,26). The van der Waals surface area contributed by atoms with Crippen molar-refractivity contribution in [2.75, 3.05) is 0 Å². The molecule has 0 radical (unpaired) electrons. The van der Waals surface area contributed by atoms with E-state index in [9.17, 15) is 4.79 Å². The van der Waals surface area contributed by atoms with Crippen LogP contribution in [-0.2, 0) is 6.54 Å². The Kier molecular flexibility index (Phi) is 4.15. The van der Waals surface area contributed by atoms with Crippen molar-refractivity contribution in [1.29, 1.82) is 0 Å². The van der Waals surface area contributed by atoms with E-state index >= 15 is 0 Å². The average Bonchev–Trinajstić information content (AvgIpc) is 3.12. The molecule has 1 amide bonds. The van der Waals surface area contributed by atoms with Crippen LogP contribution >= 0.6 is 0 Å². The number of carbonyl (C=O) groups excluding carboxylic acids is 1. The zero-order chi connectivity index (χ0) is 17.9. The van der Waals surface area contributed by atoms with E-state index in [0.29, 0.717) is 17.9 Å². The highest BCUT2D eigenvalue weighted by atomic mass is 16.1. The molecule has 3 heterocycles. The van der Waals surface area contributed by atoms with Crippen molar-refractivity contribution < 1.29 is 4.79 Å². The first-order valence-electron chi connectivity index (χ1n) is 8.28. The maximum absolute atomic E-state index is 12.5. The Morgan fingerprint density at radius 3 is 2.62 bits per heavy atom. The van der Waals surface area contributed by atoms with E-state index in [4.69, 9.17) is 0 Å². The first-order valence-corrected chi connectivity index (χ1v) is 8.28. The summed E-state index contributed by atoms with van der Waals surface area (Å²) in [7, 11) is 0. The van der Waals surface area contributed by atoms with Crippen LogP contribution in [0.2, 0.25) is 0 Å². The minimum atomic E-state index is -0.222. The van der Waals surface area contributed by atoms with Gasteiger partial charge in [0.1, 0.15) is 11.4 Å². The first-order chi connectivity index (χ1) is 12.7. The fourth-order valence-electron chi connectivity index (χ4n) is 2.72. The average molecular weight is 343 g/mol. The van der Waals surface area contributed by atoms with Crippen molar-refractivity contribution in [2.45, 2.75) is 13.5 Å². The van der Waals surface area contributed by atoms with Crippen LogP contribution in [0, 0.1) is 6.92 Å². The summed E-state index contributed by atoms with van der Waals surface area (Å²) in [5.74, 6) is -0.222. The largest absolute Gasteiger partial charge is 0.347 e. The molecule has 0 fully saturated rings. The summed E-state index contributed by atoms with van der Waals surface area (Å²) in [5.41, 5.74) is 4.90. The predicted molar refractivity (Wildman–Crippen MR) is 98.6 cm³/mol. The van der Waals surface area contributed by atoms with Crippen LogP contribution in [0.3, 0.4) is 0 Å². The van der Waals surface area contributed by atoms with Crippen molar-refractivity contribution in [3.8, 4) is 11.3 Å². The molecule has 1 N–H and O–H groups in total. The van der Waals surface area contributed by atoms with Crippen molar-refractivity contribution in [1.82, 2.24) is 24.7 Å². The maximum atomic E-state index is 12.5. The third kappa shape index (κ3) is 3.17. The van der Waals surface area contributed by atoms with Crippen molar-refractivity contribution in [2.24, 2.45) is 0 Å². The topological polar surface area (TPSA) is 72.2 Å². The van der Waals surface area contributed by atoms with E-state index in [-0.39, 0.29) is 5.91 Å². The number of rotatable bonds is 4. The van der Waals surface area contributed by atoms with Gasteiger partial charge in [-0.2, -0.15) is 0 Å². The van der Waals surface area contributed by atoms with Crippen LogP contribution in [0.5, 0.6) is 0 Å². The molecule has 0 atom stereocenters. The molecule has 4 rings (SSSR count). The Hall–Kier alpha value is -3.54. The van der Waals surface area contributed by atoms with Gasteiger partial charge < -0.3 is 9.72 Å². The minimum Gasteiger partial charge on any atom is -0.347 e. The lowest BCUT2D eigenvalue weighted by Crippen LogP contribution is -2.23. The number of aryl methyl sites for hydroxylation is 1. The molecule has 0 aliphatic carbocycles. The van der Waals surface area contributed by atoms with E-state index in [1.165, 1.54) is 5.56 Å². The van der Waals surface area contributed by atoms with Gasteiger partial charge in [0.05, 0.1) is 0 Å². The molecule has 0 aliphatic heterocycles. The Bertz CT molecular complexity index is 1050. The number of hydrogen-bond donors (Lipinski definition) is 1. The fourth-order valence-corrected chi connectivity index (χ4v) is 2.72. The highest BCUT2D eigenvalue weighted by Crippen LogP contribution is 2.22. The van der Waals surface area contributed by atoms with Crippen LogP contribution in [-0.4, -0.2) is 25.3 Å². The molecule has 26 heavy (non-hydrogen) atoms. The molecule has 4 aromatic rings. The van der Waals surface area contributed by atoms with E-state index in [0.717, 1.165) is 16.8 Å². The third-order valence-corrected chi connectivity index (χ3v) is 4.14. The first kappa shape index (κ1) is 16.0. The van der Waals surface area contributed by atoms with Gasteiger partial charge in [-0.15, -0.1) is 0 Å². The number of amides is 1. The molecule has 1 aromatic carbocycles. The lowest BCUT2D eigenvalue weighted by Gasteiger charge is -2.03. The van der Waals surface area contributed by atoms with Gasteiger partial charge in [-0.3, -0.25) is 14.8 Å². The molecule has 3 aromatic heterocycles. The van der Waals surface area contributed by atoms with Crippen molar-refractivity contribution >= 4 is 11.6 Å². The Labute approximate surface area is 150 Å². The van der Waals surface area contributed by atoms with Gasteiger partial charge >= 0.3 is 0 Å². The molecule has 128 valence electrons. The molecule has 0 spiro atoms.